The van der Waals surface area contributed by atoms with Gasteiger partial charge in [0.05, 0.1) is 22.9 Å². The predicted molar refractivity (Wildman–Crippen MR) is 92.0 cm³/mol. The van der Waals surface area contributed by atoms with Crippen molar-refractivity contribution in [3.63, 3.8) is 0 Å². The molecule has 0 atom stereocenters. The minimum atomic E-state index is 0.566. The van der Waals surface area contributed by atoms with Crippen molar-refractivity contribution in [1.29, 1.82) is 0 Å². The Hall–Kier alpha value is -1.21. The molecule has 2 aromatic heterocycles. The van der Waals surface area contributed by atoms with Crippen LogP contribution in [0.4, 0.5) is 5.13 Å². The highest BCUT2D eigenvalue weighted by molar-refractivity contribution is 8.00. The summed E-state index contributed by atoms with van der Waals surface area (Å²) in [7, 11) is 0. The number of aromatic nitrogens is 2. The first-order valence-electron chi connectivity index (χ1n) is 6.37. The second kappa shape index (κ2) is 7.37. The van der Waals surface area contributed by atoms with E-state index in [9.17, 15) is 0 Å². The number of thioether (sulfide) groups is 1. The molecule has 4 nitrogen and oxygen atoms in total. The van der Waals surface area contributed by atoms with Gasteiger partial charge in [0.1, 0.15) is 5.76 Å². The first kappa shape index (κ1) is 15.7. The Morgan fingerprint density at radius 2 is 2.09 bits per heavy atom. The lowest BCUT2D eigenvalue weighted by Gasteiger charge is -2.01. The highest BCUT2D eigenvalue weighted by Crippen LogP contribution is 2.30. The van der Waals surface area contributed by atoms with Gasteiger partial charge in [0.15, 0.2) is 4.34 Å². The summed E-state index contributed by atoms with van der Waals surface area (Å²) in [4.78, 5) is 0. The molecule has 2 heterocycles. The van der Waals surface area contributed by atoms with Gasteiger partial charge < -0.3 is 9.73 Å². The number of anilines is 1. The topological polar surface area (TPSA) is 51.0 Å². The van der Waals surface area contributed by atoms with Crippen molar-refractivity contribution < 1.29 is 4.42 Å². The van der Waals surface area contributed by atoms with E-state index in [1.54, 1.807) is 24.1 Å². The van der Waals surface area contributed by atoms with Crippen molar-refractivity contribution in [3.05, 3.63) is 58.0 Å². The van der Waals surface area contributed by atoms with E-state index in [1.165, 1.54) is 11.3 Å². The van der Waals surface area contributed by atoms with E-state index in [2.05, 4.69) is 15.5 Å². The zero-order valence-electron chi connectivity index (χ0n) is 11.3. The maximum absolute atomic E-state index is 6.00. The maximum Gasteiger partial charge on any atom is 0.206 e. The monoisotopic (exact) mass is 371 g/mol. The summed E-state index contributed by atoms with van der Waals surface area (Å²) in [6.07, 6.45) is 1.65. The number of benzene rings is 1. The molecule has 0 radical (unpaired) electrons. The summed E-state index contributed by atoms with van der Waals surface area (Å²) in [5.41, 5.74) is 1.10. The number of hydrogen-bond acceptors (Lipinski definition) is 6. The van der Waals surface area contributed by atoms with Crippen molar-refractivity contribution in [3.8, 4) is 0 Å². The molecular weight excluding hydrogens is 361 g/mol. The zero-order chi connectivity index (χ0) is 15.4. The summed E-state index contributed by atoms with van der Waals surface area (Å²) in [6, 6.07) is 9.39. The van der Waals surface area contributed by atoms with Gasteiger partial charge in [-0.15, -0.1) is 10.2 Å². The van der Waals surface area contributed by atoms with Crippen molar-refractivity contribution in [2.45, 2.75) is 16.6 Å². The SMILES string of the molecule is Clc1ccc(CSc2nnc(NCc3ccco3)s2)cc1Cl. The standard InChI is InChI=1S/C14H11Cl2N3OS2/c15-11-4-3-9(6-12(11)16)8-21-14-19-18-13(22-14)17-7-10-2-1-5-20-10/h1-6H,7-8H2,(H,17,18). The Kier molecular flexibility index (Phi) is 5.25. The summed E-state index contributed by atoms with van der Waals surface area (Å²) in [5.74, 6) is 1.63. The molecule has 0 fully saturated rings. The Balaban J connectivity index is 1.53. The molecule has 0 unspecified atom stereocenters. The summed E-state index contributed by atoms with van der Waals surface area (Å²) in [6.45, 7) is 0.596. The van der Waals surface area contributed by atoms with Crippen LogP contribution >= 0.6 is 46.3 Å². The number of nitrogens with zero attached hydrogens (tertiary/aromatic N) is 2. The van der Waals surface area contributed by atoms with E-state index in [0.717, 1.165) is 26.5 Å². The third kappa shape index (κ3) is 4.16. The third-order valence-corrected chi connectivity index (χ3v) is 5.57. The van der Waals surface area contributed by atoms with Crippen LogP contribution < -0.4 is 5.32 Å². The fourth-order valence-electron chi connectivity index (χ4n) is 1.69. The lowest BCUT2D eigenvalue weighted by Crippen LogP contribution is -1.96. The quantitative estimate of drug-likeness (QED) is 0.592. The molecule has 114 valence electrons. The van der Waals surface area contributed by atoms with E-state index in [4.69, 9.17) is 27.6 Å². The molecule has 0 bridgehead atoms. The van der Waals surface area contributed by atoms with Crippen LogP contribution in [-0.4, -0.2) is 10.2 Å². The molecule has 8 heteroatoms. The van der Waals surface area contributed by atoms with Gasteiger partial charge in [-0.2, -0.15) is 0 Å². The molecule has 3 aromatic rings. The molecule has 0 saturated heterocycles. The predicted octanol–water partition coefficient (Wildman–Crippen LogP) is 5.34. The van der Waals surface area contributed by atoms with Gasteiger partial charge in [-0.05, 0) is 29.8 Å². The van der Waals surface area contributed by atoms with Crippen LogP contribution in [0.5, 0.6) is 0 Å². The van der Waals surface area contributed by atoms with Crippen molar-refractivity contribution in [2.24, 2.45) is 0 Å². The van der Waals surface area contributed by atoms with Gasteiger partial charge in [-0.25, -0.2) is 0 Å². The maximum atomic E-state index is 6.00. The number of halogens is 2. The highest BCUT2D eigenvalue weighted by atomic mass is 35.5. The van der Waals surface area contributed by atoms with E-state index in [-0.39, 0.29) is 0 Å². The first-order chi connectivity index (χ1) is 10.7. The van der Waals surface area contributed by atoms with Crippen LogP contribution in [0.15, 0.2) is 45.4 Å². The van der Waals surface area contributed by atoms with Gasteiger partial charge in [0, 0.05) is 5.75 Å². The minimum Gasteiger partial charge on any atom is -0.467 e. The van der Waals surface area contributed by atoms with Crippen LogP contribution in [0.2, 0.25) is 10.0 Å². The fraction of sp³-hybridized carbons (Fsp3) is 0.143. The Labute approximate surface area is 145 Å². The second-order valence-corrected chi connectivity index (χ2v) is 7.36. The summed E-state index contributed by atoms with van der Waals surface area (Å²) < 4.78 is 6.15. The van der Waals surface area contributed by atoms with Crippen LogP contribution in [0.25, 0.3) is 0 Å². The lowest BCUT2D eigenvalue weighted by atomic mass is 10.2. The van der Waals surface area contributed by atoms with Gasteiger partial charge in [0.2, 0.25) is 5.13 Å². The summed E-state index contributed by atoms with van der Waals surface area (Å²) in [5, 5.41) is 13.3. The first-order valence-corrected chi connectivity index (χ1v) is 8.93. The van der Waals surface area contributed by atoms with Crippen LogP contribution in [0, 0.1) is 0 Å². The number of nitrogens with one attached hydrogen (secondary N) is 1. The lowest BCUT2D eigenvalue weighted by molar-refractivity contribution is 0.518. The van der Waals surface area contributed by atoms with E-state index < -0.39 is 0 Å². The molecule has 3 rings (SSSR count). The smallest absolute Gasteiger partial charge is 0.206 e. The minimum absolute atomic E-state index is 0.566. The average Bonchev–Trinajstić information content (AvgIpc) is 3.17. The molecule has 0 aliphatic rings. The fourth-order valence-corrected chi connectivity index (χ4v) is 3.70. The molecular formula is C14H11Cl2N3OS2. The molecule has 0 amide bonds. The van der Waals surface area contributed by atoms with Crippen LogP contribution in [0.1, 0.15) is 11.3 Å². The number of hydrogen-bond donors (Lipinski definition) is 1. The van der Waals surface area contributed by atoms with E-state index >= 15 is 0 Å². The molecule has 1 aromatic carbocycles. The number of furan rings is 1. The van der Waals surface area contributed by atoms with Crippen LogP contribution in [0.3, 0.4) is 0 Å². The van der Waals surface area contributed by atoms with E-state index in [0.29, 0.717) is 16.6 Å². The van der Waals surface area contributed by atoms with Gasteiger partial charge >= 0.3 is 0 Å². The Morgan fingerprint density at radius 3 is 2.86 bits per heavy atom. The molecule has 0 aliphatic heterocycles. The highest BCUT2D eigenvalue weighted by Gasteiger charge is 2.07. The molecule has 0 aliphatic carbocycles. The Morgan fingerprint density at radius 1 is 1.18 bits per heavy atom. The number of rotatable bonds is 6. The molecule has 0 spiro atoms. The van der Waals surface area contributed by atoms with E-state index in [1.807, 2.05) is 24.3 Å². The van der Waals surface area contributed by atoms with Crippen molar-refractivity contribution >= 4 is 51.4 Å². The largest absolute Gasteiger partial charge is 0.467 e. The van der Waals surface area contributed by atoms with Gasteiger partial charge in [0.25, 0.3) is 0 Å². The normalized spacial score (nSPS) is 10.8. The average molecular weight is 372 g/mol. The third-order valence-electron chi connectivity index (χ3n) is 2.75. The second-order valence-electron chi connectivity index (χ2n) is 4.34. The Bertz CT molecular complexity index is 746. The van der Waals surface area contributed by atoms with Gasteiger partial charge in [-0.3, -0.25) is 0 Å². The van der Waals surface area contributed by atoms with Crippen molar-refractivity contribution in [2.75, 3.05) is 5.32 Å². The molecule has 0 saturated carbocycles. The van der Waals surface area contributed by atoms with Crippen molar-refractivity contribution in [1.82, 2.24) is 10.2 Å². The zero-order valence-corrected chi connectivity index (χ0v) is 14.4. The van der Waals surface area contributed by atoms with Crippen LogP contribution in [-0.2, 0) is 12.3 Å². The molecule has 22 heavy (non-hydrogen) atoms. The van der Waals surface area contributed by atoms with Gasteiger partial charge in [-0.1, -0.05) is 52.4 Å². The molecule has 1 N–H and O–H groups in total. The summed E-state index contributed by atoms with van der Waals surface area (Å²) >= 11 is 15.0.